The summed E-state index contributed by atoms with van der Waals surface area (Å²) >= 11 is 7.58. The van der Waals surface area contributed by atoms with Gasteiger partial charge < -0.3 is 0 Å². The Hall–Kier alpha value is -1.49. The van der Waals surface area contributed by atoms with Gasteiger partial charge in [-0.3, -0.25) is 0 Å². The molecule has 0 saturated carbocycles. The third-order valence-electron chi connectivity index (χ3n) is 3.36. The zero-order valence-electron chi connectivity index (χ0n) is 11.4. The highest BCUT2D eigenvalue weighted by Gasteiger charge is 2.32. The SMILES string of the molecule is CCc1sc(-c2ccc(Cl)cc2)nc1C1NNNC1C#N. The minimum atomic E-state index is -0.338. The van der Waals surface area contributed by atoms with Crippen molar-refractivity contribution in [3.8, 4) is 16.6 Å². The molecule has 1 aliphatic heterocycles. The molecule has 2 unspecified atom stereocenters. The predicted octanol–water partition coefficient (Wildman–Crippen LogP) is 2.57. The lowest BCUT2D eigenvalue weighted by molar-refractivity contribution is 0.548. The Labute approximate surface area is 131 Å². The van der Waals surface area contributed by atoms with Gasteiger partial charge in [-0.15, -0.1) is 11.3 Å². The summed E-state index contributed by atoms with van der Waals surface area (Å²) in [5.41, 5.74) is 10.7. The minimum absolute atomic E-state index is 0.151. The van der Waals surface area contributed by atoms with E-state index in [0.29, 0.717) is 5.02 Å². The van der Waals surface area contributed by atoms with Crippen molar-refractivity contribution in [2.24, 2.45) is 0 Å². The molecule has 3 rings (SSSR count). The van der Waals surface area contributed by atoms with E-state index in [4.69, 9.17) is 16.6 Å². The number of benzene rings is 1. The number of hydrazine groups is 2. The lowest BCUT2D eigenvalue weighted by atomic mass is 10.1. The molecule has 2 heterocycles. The number of hydrogen-bond donors (Lipinski definition) is 3. The second-order valence-corrected chi connectivity index (χ2v) is 6.21. The van der Waals surface area contributed by atoms with Gasteiger partial charge >= 0.3 is 0 Å². The van der Waals surface area contributed by atoms with E-state index >= 15 is 0 Å². The zero-order chi connectivity index (χ0) is 14.8. The topological polar surface area (TPSA) is 72.8 Å². The number of nitriles is 1. The maximum Gasteiger partial charge on any atom is 0.131 e. The highest BCUT2D eigenvalue weighted by Crippen LogP contribution is 2.33. The number of nitrogens with zero attached hydrogens (tertiary/aromatic N) is 2. The normalized spacial score (nSPS) is 21.4. The van der Waals surface area contributed by atoms with Gasteiger partial charge in [-0.2, -0.15) is 10.8 Å². The lowest BCUT2D eigenvalue weighted by Crippen LogP contribution is -2.32. The molecule has 21 heavy (non-hydrogen) atoms. The molecular weight excluding hydrogens is 306 g/mol. The number of rotatable bonds is 3. The molecular formula is C14H14ClN5S. The van der Waals surface area contributed by atoms with Crippen LogP contribution in [-0.2, 0) is 6.42 Å². The first-order valence-corrected chi connectivity index (χ1v) is 7.83. The molecule has 1 aliphatic rings. The van der Waals surface area contributed by atoms with E-state index in [1.807, 2.05) is 24.3 Å². The summed E-state index contributed by atoms with van der Waals surface area (Å²) in [6, 6.07) is 9.39. The lowest BCUT2D eigenvalue weighted by Gasteiger charge is -2.10. The van der Waals surface area contributed by atoms with E-state index in [1.165, 1.54) is 4.88 Å². The van der Waals surface area contributed by atoms with Crippen molar-refractivity contribution in [2.45, 2.75) is 25.4 Å². The maximum absolute atomic E-state index is 9.18. The Kier molecular flexibility index (Phi) is 4.19. The first-order chi connectivity index (χ1) is 10.2. The number of thiazole rings is 1. The summed E-state index contributed by atoms with van der Waals surface area (Å²) in [5, 5.41) is 10.8. The van der Waals surface area contributed by atoms with Crippen LogP contribution >= 0.6 is 22.9 Å². The van der Waals surface area contributed by atoms with Crippen molar-refractivity contribution in [2.75, 3.05) is 0 Å². The molecule has 2 atom stereocenters. The van der Waals surface area contributed by atoms with Crippen LogP contribution in [0.3, 0.4) is 0 Å². The predicted molar refractivity (Wildman–Crippen MR) is 83.5 cm³/mol. The Bertz CT molecular complexity index is 676. The van der Waals surface area contributed by atoms with Gasteiger partial charge in [0, 0.05) is 15.5 Å². The quantitative estimate of drug-likeness (QED) is 0.811. The second kappa shape index (κ2) is 6.10. The summed E-state index contributed by atoms with van der Waals surface area (Å²) < 4.78 is 0. The zero-order valence-corrected chi connectivity index (χ0v) is 12.9. The third-order valence-corrected chi connectivity index (χ3v) is 4.88. The summed E-state index contributed by atoms with van der Waals surface area (Å²) in [7, 11) is 0. The van der Waals surface area contributed by atoms with Crippen LogP contribution in [0.2, 0.25) is 5.02 Å². The fraction of sp³-hybridized carbons (Fsp3) is 0.286. The van der Waals surface area contributed by atoms with Crippen molar-refractivity contribution >= 4 is 22.9 Å². The number of halogens is 1. The summed E-state index contributed by atoms with van der Waals surface area (Å²) in [6.07, 6.45) is 0.886. The van der Waals surface area contributed by atoms with E-state index in [2.05, 4.69) is 29.4 Å². The van der Waals surface area contributed by atoms with E-state index in [0.717, 1.165) is 22.7 Å². The molecule has 2 aromatic rings. The Morgan fingerprint density at radius 3 is 2.76 bits per heavy atom. The van der Waals surface area contributed by atoms with Crippen LogP contribution in [0.25, 0.3) is 10.6 Å². The number of aromatic nitrogens is 1. The van der Waals surface area contributed by atoms with Gasteiger partial charge in [0.1, 0.15) is 11.0 Å². The first-order valence-electron chi connectivity index (χ1n) is 6.64. The molecule has 1 saturated heterocycles. The monoisotopic (exact) mass is 319 g/mol. The van der Waals surface area contributed by atoms with Gasteiger partial charge in [0.2, 0.25) is 0 Å². The first kappa shape index (κ1) is 14.4. The molecule has 7 heteroatoms. The van der Waals surface area contributed by atoms with Crippen LogP contribution in [0.15, 0.2) is 24.3 Å². The van der Waals surface area contributed by atoms with Gasteiger partial charge in [0.15, 0.2) is 0 Å². The van der Waals surface area contributed by atoms with E-state index in [-0.39, 0.29) is 12.1 Å². The number of nitrogens with one attached hydrogen (secondary N) is 3. The molecule has 108 valence electrons. The van der Waals surface area contributed by atoms with Crippen molar-refractivity contribution < 1.29 is 0 Å². The van der Waals surface area contributed by atoms with Crippen LogP contribution in [-0.4, -0.2) is 11.0 Å². The standard InChI is InChI=1S/C14H14ClN5S/c1-2-11-13(12-10(7-16)18-20-19-12)17-14(21-11)8-3-5-9(15)6-4-8/h3-6,10,12,18-20H,2H2,1H3. The minimum Gasteiger partial charge on any atom is -0.239 e. The van der Waals surface area contributed by atoms with Gasteiger partial charge in [0.05, 0.1) is 17.8 Å². The third kappa shape index (κ3) is 2.79. The van der Waals surface area contributed by atoms with Crippen molar-refractivity contribution in [3.05, 3.63) is 39.9 Å². The summed E-state index contributed by atoms with van der Waals surface area (Å²) in [5.74, 6) is 0. The van der Waals surface area contributed by atoms with Crippen LogP contribution < -0.4 is 16.4 Å². The van der Waals surface area contributed by atoms with Gasteiger partial charge in [-0.25, -0.2) is 15.8 Å². The van der Waals surface area contributed by atoms with Crippen molar-refractivity contribution in [1.82, 2.24) is 21.4 Å². The van der Waals surface area contributed by atoms with Gasteiger partial charge in [0.25, 0.3) is 0 Å². The Morgan fingerprint density at radius 1 is 1.33 bits per heavy atom. The molecule has 0 aliphatic carbocycles. The Balaban J connectivity index is 1.98. The van der Waals surface area contributed by atoms with Crippen molar-refractivity contribution in [1.29, 1.82) is 5.26 Å². The van der Waals surface area contributed by atoms with E-state index in [9.17, 15) is 5.26 Å². The summed E-state index contributed by atoms with van der Waals surface area (Å²) in [6.45, 7) is 2.10. The second-order valence-electron chi connectivity index (χ2n) is 4.69. The van der Waals surface area contributed by atoms with Crippen LogP contribution in [0.4, 0.5) is 0 Å². The molecule has 5 nitrogen and oxygen atoms in total. The van der Waals surface area contributed by atoms with Gasteiger partial charge in [-0.05, 0) is 18.6 Å². The fourth-order valence-electron chi connectivity index (χ4n) is 2.27. The largest absolute Gasteiger partial charge is 0.239 e. The molecule has 1 aromatic heterocycles. The molecule has 1 fully saturated rings. The molecule has 0 radical (unpaired) electrons. The molecule has 0 bridgehead atoms. The van der Waals surface area contributed by atoms with Crippen LogP contribution in [0, 0.1) is 11.3 Å². The van der Waals surface area contributed by atoms with Crippen LogP contribution in [0.1, 0.15) is 23.5 Å². The number of hydrogen-bond acceptors (Lipinski definition) is 6. The highest BCUT2D eigenvalue weighted by molar-refractivity contribution is 7.15. The highest BCUT2D eigenvalue weighted by atomic mass is 35.5. The number of aryl methyl sites for hydroxylation is 1. The molecule has 0 amide bonds. The average molecular weight is 320 g/mol. The van der Waals surface area contributed by atoms with E-state index in [1.54, 1.807) is 11.3 Å². The van der Waals surface area contributed by atoms with E-state index < -0.39 is 0 Å². The van der Waals surface area contributed by atoms with Crippen LogP contribution in [0.5, 0.6) is 0 Å². The van der Waals surface area contributed by atoms with Crippen molar-refractivity contribution in [3.63, 3.8) is 0 Å². The summed E-state index contributed by atoms with van der Waals surface area (Å²) in [4.78, 5) is 5.93. The molecule has 0 spiro atoms. The fourth-order valence-corrected chi connectivity index (χ4v) is 3.45. The maximum atomic E-state index is 9.18. The molecule has 3 N–H and O–H groups in total. The Morgan fingerprint density at radius 2 is 2.10 bits per heavy atom. The smallest absolute Gasteiger partial charge is 0.131 e. The van der Waals surface area contributed by atoms with Gasteiger partial charge in [-0.1, -0.05) is 30.7 Å². The molecule has 1 aromatic carbocycles. The average Bonchev–Trinajstić information content (AvgIpc) is 3.13.